The summed E-state index contributed by atoms with van der Waals surface area (Å²) >= 11 is 3.66. The molecule has 0 saturated carbocycles. The van der Waals surface area contributed by atoms with Crippen LogP contribution in [0.4, 0.5) is 4.39 Å². The Kier molecular flexibility index (Phi) is 4.03. The molecule has 0 heterocycles. The summed E-state index contributed by atoms with van der Waals surface area (Å²) in [5.41, 5.74) is 0.411. The molecule has 72 valence electrons. The van der Waals surface area contributed by atoms with Crippen LogP contribution in [-0.2, 0) is 16.4 Å². The van der Waals surface area contributed by atoms with Gasteiger partial charge in [-0.05, 0) is 44.7 Å². The van der Waals surface area contributed by atoms with Crippen molar-refractivity contribution in [1.29, 1.82) is 0 Å². The van der Waals surface area contributed by atoms with Crippen molar-refractivity contribution in [2.24, 2.45) is 0 Å². The zero-order valence-corrected chi connectivity index (χ0v) is 10.2. The fraction of sp³-hybridized carbons (Fsp3) is 0.143. The van der Waals surface area contributed by atoms with Crippen molar-refractivity contribution in [2.45, 2.75) is 10.2 Å². The third kappa shape index (κ3) is 2.59. The highest BCUT2D eigenvalue weighted by Crippen LogP contribution is 2.24. The molecule has 6 heteroatoms. The van der Waals surface area contributed by atoms with Crippen LogP contribution in [0.1, 0.15) is 5.56 Å². The average molecular weight is 331 g/mol. The van der Waals surface area contributed by atoms with E-state index in [1.54, 1.807) is 0 Å². The van der Waals surface area contributed by atoms with Crippen LogP contribution in [0, 0.1) is 5.82 Å². The van der Waals surface area contributed by atoms with E-state index in [0.717, 1.165) is 0 Å². The van der Waals surface area contributed by atoms with Crippen molar-refractivity contribution < 1.29 is 13.2 Å². The van der Waals surface area contributed by atoms with E-state index >= 15 is 0 Å². The number of halogens is 3. The summed E-state index contributed by atoms with van der Waals surface area (Å²) in [5, 5.41) is 0.306. The molecule has 1 aromatic rings. The monoisotopic (exact) mass is 329 g/mol. The van der Waals surface area contributed by atoms with Crippen molar-refractivity contribution in [2.75, 3.05) is 0 Å². The van der Waals surface area contributed by atoms with E-state index in [9.17, 15) is 13.2 Å². The van der Waals surface area contributed by atoms with E-state index < -0.39 is 16.9 Å². The number of benzene rings is 1. The van der Waals surface area contributed by atoms with Gasteiger partial charge in [-0.1, -0.05) is 15.9 Å². The molecule has 0 radical (unpaired) electrons. The molecule has 0 spiro atoms. The summed E-state index contributed by atoms with van der Waals surface area (Å²) in [6.07, 6.45) is 0. The molecule has 0 aromatic heterocycles. The van der Waals surface area contributed by atoms with Crippen LogP contribution in [-0.4, -0.2) is 8.76 Å². The maximum atomic E-state index is 12.9. The largest absolute Gasteiger partial charge is 0.768 e. The quantitative estimate of drug-likeness (QED) is 0.618. The van der Waals surface area contributed by atoms with Crippen LogP contribution in [0.2, 0.25) is 0 Å². The topological polar surface area (TPSA) is 40.1 Å². The van der Waals surface area contributed by atoms with Crippen LogP contribution in [0.25, 0.3) is 0 Å². The Labute approximate surface area is 94.1 Å². The predicted octanol–water partition coefficient (Wildman–Crippen LogP) is 2.72. The normalized spacial score (nSPS) is 12.9. The molecule has 2 nitrogen and oxygen atoms in total. The minimum Gasteiger partial charge on any atom is -0.768 e. The summed E-state index contributed by atoms with van der Waals surface area (Å²) in [6, 6.07) is 2.43. The molecule has 13 heavy (non-hydrogen) atoms. The van der Waals surface area contributed by atoms with Crippen LogP contribution < -0.4 is 0 Å². The Morgan fingerprint density at radius 2 is 2.15 bits per heavy atom. The molecule has 1 atom stereocenters. The van der Waals surface area contributed by atoms with Crippen LogP contribution in [0.3, 0.4) is 0 Å². The molecule has 0 aliphatic carbocycles. The van der Waals surface area contributed by atoms with Gasteiger partial charge < -0.3 is 4.55 Å². The second-order valence-electron chi connectivity index (χ2n) is 2.24. The van der Waals surface area contributed by atoms with Gasteiger partial charge in [0.15, 0.2) is 0 Å². The molecule has 0 bridgehead atoms. The van der Waals surface area contributed by atoms with Crippen molar-refractivity contribution in [3.8, 4) is 0 Å². The second kappa shape index (κ2) is 4.63. The molecular weight excluding hydrogens is 327 g/mol. The van der Waals surface area contributed by atoms with Gasteiger partial charge in [-0.2, -0.15) is 0 Å². The van der Waals surface area contributed by atoms with Crippen LogP contribution in [0.15, 0.2) is 21.5 Å². The smallest absolute Gasteiger partial charge is 0.137 e. The van der Waals surface area contributed by atoms with Gasteiger partial charge in [0.05, 0.1) is 4.47 Å². The first kappa shape index (κ1) is 11.3. The molecular formula is C7H4Br2FO2S-. The minimum atomic E-state index is -2.34. The number of rotatable bonds is 2. The first-order valence-corrected chi connectivity index (χ1v) is 6.18. The van der Waals surface area contributed by atoms with Crippen molar-refractivity contribution in [3.05, 3.63) is 28.0 Å². The summed E-state index contributed by atoms with van der Waals surface area (Å²) in [4.78, 5) is 0.102. The fourth-order valence-electron chi connectivity index (χ4n) is 0.829. The Morgan fingerprint density at radius 3 is 2.62 bits per heavy atom. The van der Waals surface area contributed by atoms with Gasteiger partial charge in [0, 0.05) is 10.2 Å². The molecule has 0 aliphatic heterocycles. The van der Waals surface area contributed by atoms with E-state index in [4.69, 9.17) is 0 Å². The van der Waals surface area contributed by atoms with E-state index in [1.165, 1.54) is 12.1 Å². The van der Waals surface area contributed by atoms with Gasteiger partial charge in [0.25, 0.3) is 0 Å². The maximum absolute atomic E-state index is 12.9. The molecule has 1 rings (SSSR count). The van der Waals surface area contributed by atoms with Crippen LogP contribution in [0.5, 0.6) is 0 Å². The molecule has 0 amide bonds. The summed E-state index contributed by atoms with van der Waals surface area (Å²) in [7, 11) is 0. The van der Waals surface area contributed by atoms with Gasteiger partial charge in [0.2, 0.25) is 0 Å². The second-order valence-corrected chi connectivity index (χ2v) is 4.57. The summed E-state index contributed by atoms with van der Waals surface area (Å²) in [5.74, 6) is -0.469. The molecule has 1 unspecified atom stereocenters. The Balaban J connectivity index is 3.33. The fourth-order valence-corrected chi connectivity index (χ4v) is 2.53. The summed E-state index contributed by atoms with van der Waals surface area (Å²) in [6.45, 7) is 0. The zero-order valence-electron chi connectivity index (χ0n) is 6.22. The predicted molar refractivity (Wildman–Crippen MR) is 53.9 cm³/mol. The highest BCUT2D eigenvalue weighted by Gasteiger charge is 2.07. The molecule has 1 aromatic carbocycles. The molecule has 0 N–H and O–H groups in total. The third-order valence-electron chi connectivity index (χ3n) is 1.43. The summed E-state index contributed by atoms with van der Waals surface area (Å²) < 4.78 is 34.5. The first-order valence-electron chi connectivity index (χ1n) is 3.19. The Hall–Kier alpha value is 0.220. The standard InChI is InChI=1S/C7H5Br2FO2S/c8-3-4-1-6(10)5(9)2-7(4)13(11)12/h1-2H,3H2,(H,11,12)/p-1. The maximum Gasteiger partial charge on any atom is 0.137 e. The molecule has 0 saturated heterocycles. The highest BCUT2D eigenvalue weighted by molar-refractivity contribution is 9.10. The number of hydrogen-bond donors (Lipinski definition) is 0. The van der Waals surface area contributed by atoms with Crippen molar-refractivity contribution >= 4 is 42.9 Å². The molecule has 0 fully saturated rings. The van der Waals surface area contributed by atoms with E-state index in [0.29, 0.717) is 10.9 Å². The SMILES string of the molecule is O=S([O-])c1cc(Br)c(F)cc1CBr. The number of hydrogen-bond acceptors (Lipinski definition) is 2. The van der Waals surface area contributed by atoms with Gasteiger partial charge >= 0.3 is 0 Å². The van der Waals surface area contributed by atoms with Gasteiger partial charge in [-0.3, -0.25) is 4.21 Å². The van der Waals surface area contributed by atoms with Crippen molar-refractivity contribution in [1.82, 2.24) is 0 Å². The Morgan fingerprint density at radius 1 is 1.54 bits per heavy atom. The van der Waals surface area contributed by atoms with Crippen molar-refractivity contribution in [3.63, 3.8) is 0 Å². The number of alkyl halides is 1. The third-order valence-corrected chi connectivity index (χ3v) is 3.38. The lowest BCUT2D eigenvalue weighted by molar-refractivity contribution is 0.535. The van der Waals surface area contributed by atoms with E-state index in [-0.39, 0.29) is 9.37 Å². The zero-order chi connectivity index (χ0) is 10.0. The highest BCUT2D eigenvalue weighted by atomic mass is 79.9. The van der Waals surface area contributed by atoms with Gasteiger partial charge in [-0.15, -0.1) is 0 Å². The van der Waals surface area contributed by atoms with Crippen LogP contribution >= 0.6 is 31.9 Å². The van der Waals surface area contributed by atoms with E-state index in [2.05, 4.69) is 31.9 Å². The Bertz CT molecular complexity index is 357. The average Bonchev–Trinajstić information content (AvgIpc) is 2.08. The van der Waals surface area contributed by atoms with Gasteiger partial charge in [0.1, 0.15) is 5.82 Å². The first-order chi connectivity index (χ1) is 6.06. The minimum absolute atomic E-state index is 0.102. The lowest BCUT2D eigenvalue weighted by Gasteiger charge is -2.10. The van der Waals surface area contributed by atoms with E-state index in [1.807, 2.05) is 0 Å². The molecule has 0 aliphatic rings. The lowest BCUT2D eigenvalue weighted by Crippen LogP contribution is -1.96. The van der Waals surface area contributed by atoms with Gasteiger partial charge in [-0.25, -0.2) is 4.39 Å². The lowest BCUT2D eigenvalue weighted by atomic mass is 10.2.